The molecule has 1 aliphatic carbocycles. The number of ether oxygens (including phenoxy) is 1. The van der Waals surface area contributed by atoms with Crippen molar-refractivity contribution in [3.8, 4) is 0 Å². The minimum atomic E-state index is -3.78. The van der Waals surface area contributed by atoms with Gasteiger partial charge in [0.15, 0.2) is 6.10 Å². The second kappa shape index (κ2) is 2.52. The Labute approximate surface area is 71.6 Å². The maximum atomic E-state index is 12.6. The smallest absolute Gasteiger partial charge is 0.331 e. The van der Waals surface area contributed by atoms with Gasteiger partial charge in [-0.2, -0.15) is 8.78 Å². The minimum absolute atomic E-state index is 0.666. The van der Waals surface area contributed by atoms with Crippen molar-refractivity contribution in [2.45, 2.75) is 30.5 Å². The van der Waals surface area contributed by atoms with Crippen LogP contribution in [0.2, 0.25) is 0 Å². The van der Waals surface area contributed by atoms with Crippen molar-refractivity contribution < 1.29 is 22.7 Å². The molecule has 1 aliphatic rings. The molecule has 2 atom stereocenters. The first-order chi connectivity index (χ1) is 5.27. The summed E-state index contributed by atoms with van der Waals surface area (Å²) in [5, 5.41) is -3.06. The largest absolute Gasteiger partial charge is 0.456 e. The Morgan fingerprint density at radius 2 is 2.08 bits per heavy atom. The van der Waals surface area contributed by atoms with Gasteiger partial charge >= 0.3 is 11.9 Å². The summed E-state index contributed by atoms with van der Waals surface area (Å²) in [5.41, 5.74) is 0. The van der Waals surface area contributed by atoms with E-state index in [-0.39, 0.29) is 0 Å². The van der Waals surface area contributed by atoms with Crippen molar-refractivity contribution in [1.29, 1.82) is 0 Å². The SMILES string of the molecule is CC(=O)OC1CC(F)(Cl)C1(F)F. The van der Waals surface area contributed by atoms with Gasteiger partial charge in [0.2, 0.25) is 0 Å². The fraction of sp³-hybridized carbons (Fsp3) is 0.833. The maximum absolute atomic E-state index is 12.6. The van der Waals surface area contributed by atoms with Crippen molar-refractivity contribution in [3.63, 3.8) is 0 Å². The number of carbonyl (C=O) groups is 1. The fourth-order valence-electron chi connectivity index (χ4n) is 0.918. The number of alkyl halides is 4. The molecule has 0 heterocycles. The highest BCUT2D eigenvalue weighted by atomic mass is 35.5. The lowest BCUT2D eigenvalue weighted by molar-refractivity contribution is -0.255. The quantitative estimate of drug-likeness (QED) is 0.479. The molecular weight excluding hydrogens is 197 g/mol. The minimum Gasteiger partial charge on any atom is -0.456 e. The molecule has 0 radical (unpaired) electrons. The van der Waals surface area contributed by atoms with Crippen molar-refractivity contribution in [2.75, 3.05) is 0 Å². The monoisotopic (exact) mass is 202 g/mol. The van der Waals surface area contributed by atoms with Gasteiger partial charge in [0.25, 0.3) is 5.13 Å². The molecular formula is C6H6ClF3O2. The highest BCUT2D eigenvalue weighted by Gasteiger charge is 2.71. The van der Waals surface area contributed by atoms with Crippen LogP contribution in [0.1, 0.15) is 13.3 Å². The Morgan fingerprint density at radius 3 is 2.33 bits per heavy atom. The zero-order valence-electron chi connectivity index (χ0n) is 6.11. The first kappa shape index (κ1) is 9.64. The van der Waals surface area contributed by atoms with Crippen LogP contribution in [0.3, 0.4) is 0 Å². The van der Waals surface area contributed by atoms with Crippen LogP contribution < -0.4 is 0 Å². The molecule has 1 fully saturated rings. The summed E-state index contributed by atoms with van der Waals surface area (Å²) >= 11 is 4.77. The number of rotatable bonds is 1. The molecule has 0 N–H and O–H groups in total. The molecule has 0 aliphatic heterocycles. The van der Waals surface area contributed by atoms with Gasteiger partial charge in [0, 0.05) is 13.3 Å². The molecule has 2 unspecified atom stereocenters. The average molecular weight is 203 g/mol. The van der Waals surface area contributed by atoms with Gasteiger partial charge in [0.1, 0.15) is 0 Å². The number of hydrogen-bond acceptors (Lipinski definition) is 2. The summed E-state index contributed by atoms with van der Waals surface area (Å²) in [6.45, 7) is 0.975. The lowest BCUT2D eigenvalue weighted by Gasteiger charge is -2.43. The first-order valence-electron chi connectivity index (χ1n) is 3.20. The molecule has 0 saturated heterocycles. The van der Waals surface area contributed by atoms with Crippen LogP contribution in [0.4, 0.5) is 13.2 Å². The number of halogens is 4. The molecule has 6 heteroatoms. The summed E-state index contributed by atoms with van der Waals surface area (Å²) in [6.07, 6.45) is -2.39. The Balaban J connectivity index is 2.60. The molecule has 2 nitrogen and oxygen atoms in total. The first-order valence-corrected chi connectivity index (χ1v) is 3.58. The zero-order chi connectivity index (χ0) is 9.57. The molecule has 0 amide bonds. The van der Waals surface area contributed by atoms with Crippen molar-refractivity contribution in [3.05, 3.63) is 0 Å². The number of carbonyl (C=O) groups excluding carboxylic acids is 1. The lowest BCUT2D eigenvalue weighted by Crippen LogP contribution is -2.63. The Hall–Kier alpha value is -0.450. The summed E-state index contributed by atoms with van der Waals surface area (Å²) in [6, 6.07) is 0. The van der Waals surface area contributed by atoms with Gasteiger partial charge in [0.05, 0.1) is 0 Å². The van der Waals surface area contributed by atoms with Gasteiger partial charge in [-0.15, -0.1) is 0 Å². The summed E-state index contributed by atoms with van der Waals surface area (Å²) in [7, 11) is 0. The van der Waals surface area contributed by atoms with E-state index in [1.807, 2.05) is 0 Å². The highest BCUT2D eigenvalue weighted by molar-refractivity contribution is 6.24. The number of hydrogen-bond donors (Lipinski definition) is 0. The van der Waals surface area contributed by atoms with E-state index < -0.39 is 29.5 Å². The standard InChI is InChI=1S/C6H6ClF3O2/c1-3(11)12-4-2-5(7,8)6(4,9)10/h4H,2H2,1H3. The van der Waals surface area contributed by atoms with Crippen molar-refractivity contribution in [1.82, 2.24) is 0 Å². The highest BCUT2D eigenvalue weighted by Crippen LogP contribution is 2.54. The van der Waals surface area contributed by atoms with E-state index in [4.69, 9.17) is 11.6 Å². The third-order valence-corrected chi connectivity index (χ3v) is 2.05. The van der Waals surface area contributed by atoms with Crippen LogP contribution in [0.5, 0.6) is 0 Å². The molecule has 70 valence electrons. The van der Waals surface area contributed by atoms with E-state index in [2.05, 4.69) is 4.74 Å². The van der Waals surface area contributed by atoms with Crippen molar-refractivity contribution >= 4 is 17.6 Å². The maximum Gasteiger partial charge on any atom is 0.331 e. The van der Waals surface area contributed by atoms with E-state index in [0.717, 1.165) is 6.92 Å². The molecule has 0 aromatic carbocycles. The zero-order valence-corrected chi connectivity index (χ0v) is 6.87. The molecule has 0 bridgehead atoms. The second-order valence-corrected chi connectivity index (χ2v) is 3.23. The lowest BCUT2D eigenvalue weighted by atomic mass is 9.87. The molecule has 0 aromatic rings. The molecule has 12 heavy (non-hydrogen) atoms. The van der Waals surface area contributed by atoms with Gasteiger partial charge < -0.3 is 4.74 Å². The van der Waals surface area contributed by atoms with Crippen LogP contribution in [-0.4, -0.2) is 23.1 Å². The Bertz CT molecular complexity index is 217. The summed E-state index contributed by atoms with van der Waals surface area (Å²) < 4.78 is 41.7. The molecule has 0 aromatic heterocycles. The predicted octanol–water partition coefficient (Wildman–Crippen LogP) is 1.86. The topological polar surface area (TPSA) is 26.3 Å². The van der Waals surface area contributed by atoms with Gasteiger partial charge in [-0.3, -0.25) is 4.79 Å². The van der Waals surface area contributed by atoms with Crippen LogP contribution in [0, 0.1) is 0 Å². The number of esters is 1. The van der Waals surface area contributed by atoms with E-state index >= 15 is 0 Å². The van der Waals surface area contributed by atoms with Gasteiger partial charge in [-0.1, -0.05) is 11.6 Å². The van der Waals surface area contributed by atoms with Crippen LogP contribution in [-0.2, 0) is 9.53 Å². The normalized spacial score (nSPS) is 38.6. The van der Waals surface area contributed by atoms with E-state index in [9.17, 15) is 18.0 Å². The Morgan fingerprint density at radius 1 is 1.58 bits per heavy atom. The van der Waals surface area contributed by atoms with Crippen LogP contribution in [0.25, 0.3) is 0 Å². The molecule has 0 spiro atoms. The third kappa shape index (κ3) is 1.26. The third-order valence-electron chi connectivity index (χ3n) is 1.64. The van der Waals surface area contributed by atoms with E-state index in [0.29, 0.717) is 0 Å². The second-order valence-electron chi connectivity index (χ2n) is 2.63. The average Bonchev–Trinajstić information content (AvgIpc) is 1.85. The fourth-order valence-corrected chi connectivity index (χ4v) is 1.18. The van der Waals surface area contributed by atoms with Gasteiger partial charge in [-0.25, -0.2) is 4.39 Å². The van der Waals surface area contributed by atoms with Crippen LogP contribution in [0.15, 0.2) is 0 Å². The molecule has 1 saturated carbocycles. The Kier molecular flexibility index (Phi) is 2.02. The van der Waals surface area contributed by atoms with Gasteiger partial charge in [-0.05, 0) is 0 Å². The summed E-state index contributed by atoms with van der Waals surface area (Å²) in [5.74, 6) is -4.65. The van der Waals surface area contributed by atoms with E-state index in [1.165, 1.54) is 0 Å². The van der Waals surface area contributed by atoms with Crippen LogP contribution >= 0.6 is 11.6 Å². The van der Waals surface area contributed by atoms with E-state index in [1.54, 1.807) is 0 Å². The predicted molar refractivity (Wildman–Crippen MR) is 34.8 cm³/mol. The summed E-state index contributed by atoms with van der Waals surface area (Å²) in [4.78, 5) is 10.2. The van der Waals surface area contributed by atoms with Crippen molar-refractivity contribution in [2.24, 2.45) is 0 Å². The molecule has 1 rings (SSSR count).